The van der Waals surface area contributed by atoms with E-state index in [9.17, 15) is 9.18 Å². The van der Waals surface area contributed by atoms with Crippen LogP contribution in [-0.4, -0.2) is 15.6 Å². The van der Waals surface area contributed by atoms with Gasteiger partial charge in [0, 0.05) is 18.6 Å². The topological polar surface area (TPSA) is 48.0 Å². The Morgan fingerprint density at radius 3 is 2.95 bits per heavy atom. The molecule has 0 amide bonds. The minimum absolute atomic E-state index is 0.109. The molecule has 0 saturated heterocycles. The van der Waals surface area contributed by atoms with Crippen LogP contribution in [0.25, 0.3) is 11.0 Å². The zero-order valence-electron chi connectivity index (χ0n) is 11.2. The second-order valence-corrected chi connectivity index (χ2v) is 4.61. The number of carbonyl (C=O) groups excluding carboxylic acids is 1. The normalized spacial score (nSPS) is 11.2. The molecule has 5 heteroatoms. The van der Waals surface area contributed by atoms with Crippen LogP contribution in [0.3, 0.4) is 0 Å². The van der Waals surface area contributed by atoms with Crippen molar-refractivity contribution in [2.75, 3.05) is 0 Å². The third-order valence-corrected chi connectivity index (χ3v) is 3.20. The Morgan fingerprint density at radius 1 is 1.45 bits per heavy atom. The molecule has 20 heavy (non-hydrogen) atoms. The van der Waals surface area contributed by atoms with E-state index in [1.807, 2.05) is 6.92 Å². The summed E-state index contributed by atoms with van der Waals surface area (Å²) in [7, 11) is 1.76. The van der Waals surface area contributed by atoms with E-state index in [0.717, 1.165) is 0 Å². The van der Waals surface area contributed by atoms with Gasteiger partial charge in [0.15, 0.2) is 17.2 Å². The fourth-order valence-corrected chi connectivity index (χ4v) is 2.26. The minimum atomic E-state index is -0.469. The summed E-state index contributed by atoms with van der Waals surface area (Å²) in [5.41, 5.74) is 1.31. The van der Waals surface area contributed by atoms with E-state index in [2.05, 4.69) is 5.10 Å². The van der Waals surface area contributed by atoms with Gasteiger partial charge in [-0.25, -0.2) is 4.39 Å². The fraction of sp³-hybridized carbons (Fsp3) is 0.200. The first-order valence-electron chi connectivity index (χ1n) is 6.35. The average molecular weight is 272 g/mol. The van der Waals surface area contributed by atoms with Gasteiger partial charge >= 0.3 is 0 Å². The van der Waals surface area contributed by atoms with Crippen molar-refractivity contribution in [2.45, 2.75) is 13.3 Å². The molecule has 0 saturated carbocycles. The number of para-hydroxylation sites is 1. The molecule has 0 aliphatic rings. The molecule has 0 bridgehead atoms. The molecule has 0 N–H and O–H groups in total. The molecule has 3 rings (SSSR count). The Morgan fingerprint density at radius 2 is 2.25 bits per heavy atom. The molecule has 0 atom stereocenters. The number of nitrogens with zero attached hydrogens (tertiary/aromatic N) is 2. The van der Waals surface area contributed by atoms with E-state index in [4.69, 9.17) is 4.42 Å². The van der Waals surface area contributed by atoms with Gasteiger partial charge in [0.05, 0.1) is 11.3 Å². The van der Waals surface area contributed by atoms with Gasteiger partial charge in [0.2, 0.25) is 5.78 Å². The monoisotopic (exact) mass is 272 g/mol. The van der Waals surface area contributed by atoms with E-state index in [1.54, 1.807) is 36.1 Å². The molecule has 0 aliphatic heterocycles. The number of hydrogen-bond acceptors (Lipinski definition) is 3. The Bertz CT molecular complexity index is 801. The Labute approximate surface area is 114 Å². The minimum Gasteiger partial charge on any atom is -0.449 e. The van der Waals surface area contributed by atoms with Crippen LogP contribution in [0.5, 0.6) is 0 Å². The lowest BCUT2D eigenvalue weighted by molar-refractivity contribution is 0.101. The molecule has 0 aliphatic carbocycles. The summed E-state index contributed by atoms with van der Waals surface area (Å²) < 4.78 is 20.5. The van der Waals surface area contributed by atoms with Gasteiger partial charge in [-0.15, -0.1) is 0 Å². The van der Waals surface area contributed by atoms with Crippen LogP contribution in [0.15, 0.2) is 34.9 Å². The van der Waals surface area contributed by atoms with Crippen LogP contribution >= 0.6 is 0 Å². The highest BCUT2D eigenvalue weighted by Crippen LogP contribution is 2.24. The zero-order chi connectivity index (χ0) is 14.3. The van der Waals surface area contributed by atoms with E-state index >= 15 is 0 Å². The second kappa shape index (κ2) is 4.59. The molecule has 0 fully saturated rings. The molecule has 3 aromatic rings. The number of carbonyl (C=O) groups is 1. The molecular formula is C15H13FN2O2. The summed E-state index contributed by atoms with van der Waals surface area (Å²) in [5.74, 6) is -0.609. The van der Waals surface area contributed by atoms with Gasteiger partial charge in [-0.2, -0.15) is 5.10 Å². The predicted octanol–water partition coefficient (Wildman–Crippen LogP) is 3.10. The highest BCUT2D eigenvalue weighted by Gasteiger charge is 2.20. The van der Waals surface area contributed by atoms with Gasteiger partial charge in [0.1, 0.15) is 0 Å². The quantitative estimate of drug-likeness (QED) is 0.688. The van der Waals surface area contributed by atoms with Gasteiger partial charge in [-0.1, -0.05) is 19.1 Å². The molecule has 0 radical (unpaired) electrons. The van der Waals surface area contributed by atoms with Crippen LogP contribution in [-0.2, 0) is 13.5 Å². The SMILES string of the molecule is CCc1nn(C)cc1C(=O)c1cc2cccc(F)c2o1. The van der Waals surface area contributed by atoms with Crippen molar-refractivity contribution in [1.29, 1.82) is 0 Å². The standard InChI is InChI=1S/C15H13FN2O2/c1-3-12-10(8-18(2)17-12)14(19)13-7-9-5-4-6-11(16)15(9)20-13/h4-8H,3H2,1-2H3. The van der Waals surface area contributed by atoms with Gasteiger partial charge in [-0.3, -0.25) is 9.48 Å². The Hall–Kier alpha value is -2.43. The summed E-state index contributed by atoms with van der Waals surface area (Å²) in [6.45, 7) is 1.93. The number of halogens is 1. The number of benzene rings is 1. The number of rotatable bonds is 3. The van der Waals surface area contributed by atoms with Crippen LogP contribution in [0.4, 0.5) is 4.39 Å². The summed E-state index contributed by atoms with van der Waals surface area (Å²) in [5, 5.41) is 4.81. The molecular weight excluding hydrogens is 259 g/mol. The average Bonchev–Trinajstić information content (AvgIpc) is 3.02. The molecule has 102 valence electrons. The maximum absolute atomic E-state index is 13.6. The van der Waals surface area contributed by atoms with Gasteiger partial charge in [0.25, 0.3) is 0 Å². The van der Waals surface area contributed by atoms with E-state index in [-0.39, 0.29) is 17.1 Å². The fourth-order valence-electron chi connectivity index (χ4n) is 2.26. The Balaban J connectivity index is 2.10. The van der Waals surface area contributed by atoms with Crippen molar-refractivity contribution >= 4 is 16.8 Å². The van der Waals surface area contributed by atoms with E-state index < -0.39 is 5.82 Å². The van der Waals surface area contributed by atoms with Crippen LogP contribution < -0.4 is 0 Å². The van der Waals surface area contributed by atoms with Crippen molar-refractivity contribution < 1.29 is 13.6 Å². The van der Waals surface area contributed by atoms with Crippen LogP contribution in [0.1, 0.15) is 28.7 Å². The molecule has 2 heterocycles. The maximum atomic E-state index is 13.6. The van der Waals surface area contributed by atoms with E-state index in [0.29, 0.717) is 23.1 Å². The highest BCUT2D eigenvalue weighted by molar-refractivity contribution is 6.09. The smallest absolute Gasteiger partial charge is 0.231 e. The summed E-state index contributed by atoms with van der Waals surface area (Å²) >= 11 is 0. The van der Waals surface area contributed by atoms with Crippen molar-refractivity contribution in [3.63, 3.8) is 0 Å². The lowest BCUT2D eigenvalue weighted by Crippen LogP contribution is -2.01. The maximum Gasteiger partial charge on any atom is 0.231 e. The lowest BCUT2D eigenvalue weighted by Gasteiger charge is -1.95. The van der Waals surface area contributed by atoms with Crippen molar-refractivity contribution in [3.8, 4) is 0 Å². The number of ketones is 1. The molecule has 1 aromatic carbocycles. The summed E-state index contributed by atoms with van der Waals surface area (Å²) in [6.07, 6.45) is 2.31. The molecule has 2 aromatic heterocycles. The highest BCUT2D eigenvalue weighted by atomic mass is 19.1. The largest absolute Gasteiger partial charge is 0.449 e. The number of aromatic nitrogens is 2. The summed E-state index contributed by atoms with van der Waals surface area (Å²) in [4.78, 5) is 12.5. The van der Waals surface area contributed by atoms with Crippen LogP contribution in [0, 0.1) is 5.82 Å². The third kappa shape index (κ3) is 1.91. The first-order chi connectivity index (χ1) is 9.60. The number of hydrogen-bond donors (Lipinski definition) is 0. The molecule has 0 spiro atoms. The van der Waals surface area contributed by atoms with Gasteiger partial charge in [-0.05, 0) is 18.6 Å². The number of fused-ring (bicyclic) bond motifs is 1. The van der Waals surface area contributed by atoms with Crippen LogP contribution in [0.2, 0.25) is 0 Å². The molecule has 0 unspecified atom stereocenters. The first kappa shape index (κ1) is 12.6. The van der Waals surface area contributed by atoms with Crippen molar-refractivity contribution in [1.82, 2.24) is 9.78 Å². The first-order valence-corrected chi connectivity index (χ1v) is 6.35. The lowest BCUT2D eigenvalue weighted by atomic mass is 10.1. The number of furan rings is 1. The number of aryl methyl sites for hydroxylation is 2. The zero-order valence-corrected chi connectivity index (χ0v) is 11.2. The van der Waals surface area contributed by atoms with Gasteiger partial charge < -0.3 is 4.42 Å². The third-order valence-electron chi connectivity index (χ3n) is 3.20. The second-order valence-electron chi connectivity index (χ2n) is 4.61. The van der Waals surface area contributed by atoms with E-state index in [1.165, 1.54) is 6.07 Å². The summed E-state index contributed by atoms with van der Waals surface area (Å²) in [6, 6.07) is 6.17. The Kier molecular flexibility index (Phi) is 2.89. The van der Waals surface area contributed by atoms with Crippen molar-refractivity contribution in [2.24, 2.45) is 7.05 Å². The molecule has 4 nitrogen and oxygen atoms in total. The van der Waals surface area contributed by atoms with Crippen molar-refractivity contribution in [3.05, 3.63) is 53.3 Å². The predicted molar refractivity (Wildman–Crippen MR) is 72.2 cm³/mol.